The van der Waals surface area contributed by atoms with Crippen LogP contribution in [0.4, 0.5) is 5.69 Å². The highest BCUT2D eigenvalue weighted by Gasteiger charge is 2.02. The highest BCUT2D eigenvalue weighted by atomic mass is 35.5. The van der Waals surface area contributed by atoms with E-state index in [0.717, 1.165) is 16.3 Å². The number of nitrogen functional groups attached to an aromatic ring is 1. The normalized spacial score (nSPS) is 9.08. The summed E-state index contributed by atoms with van der Waals surface area (Å²) in [5, 5.41) is 0.697. The second-order valence-electron chi connectivity index (χ2n) is 2.37. The zero-order valence-corrected chi connectivity index (χ0v) is 8.88. The standard InChI is InChI=1S/C10H10ClNS/c1-2-3-7-13-10-8(11)5-4-6-9(10)12/h4-6H,7,12H2,1H3. The van der Waals surface area contributed by atoms with Crippen LogP contribution in [-0.4, -0.2) is 5.75 Å². The first kappa shape index (κ1) is 10.3. The number of nitrogens with two attached hydrogens (primary N) is 1. The molecule has 0 fully saturated rings. The van der Waals surface area contributed by atoms with E-state index in [0.29, 0.717) is 5.02 Å². The number of halogens is 1. The first-order chi connectivity index (χ1) is 6.25. The number of hydrogen-bond acceptors (Lipinski definition) is 2. The fourth-order valence-electron chi connectivity index (χ4n) is 0.858. The fourth-order valence-corrected chi connectivity index (χ4v) is 2.01. The van der Waals surface area contributed by atoms with Gasteiger partial charge in [-0.25, -0.2) is 0 Å². The summed E-state index contributed by atoms with van der Waals surface area (Å²) in [6.07, 6.45) is 0. The molecule has 0 aliphatic rings. The van der Waals surface area contributed by atoms with E-state index in [-0.39, 0.29) is 0 Å². The Bertz CT molecular complexity index is 331. The van der Waals surface area contributed by atoms with Gasteiger partial charge in [-0.1, -0.05) is 23.6 Å². The van der Waals surface area contributed by atoms with Crippen LogP contribution < -0.4 is 5.73 Å². The van der Waals surface area contributed by atoms with Crippen molar-refractivity contribution in [2.45, 2.75) is 11.8 Å². The van der Waals surface area contributed by atoms with Gasteiger partial charge in [0.2, 0.25) is 0 Å². The quantitative estimate of drug-likeness (QED) is 0.462. The molecule has 0 aliphatic carbocycles. The monoisotopic (exact) mass is 211 g/mol. The molecule has 0 unspecified atom stereocenters. The molecule has 0 spiro atoms. The van der Waals surface area contributed by atoms with Crippen molar-refractivity contribution in [3.8, 4) is 11.8 Å². The molecule has 3 heteroatoms. The van der Waals surface area contributed by atoms with Gasteiger partial charge in [-0.2, -0.15) is 0 Å². The second-order valence-corrected chi connectivity index (χ2v) is 3.77. The highest BCUT2D eigenvalue weighted by molar-refractivity contribution is 7.99. The SMILES string of the molecule is CC#CCSc1c(N)cccc1Cl. The lowest BCUT2D eigenvalue weighted by molar-refractivity contribution is 1.46. The second kappa shape index (κ2) is 5.06. The van der Waals surface area contributed by atoms with Crippen molar-refractivity contribution in [1.82, 2.24) is 0 Å². The third-order valence-corrected chi connectivity index (χ3v) is 2.92. The van der Waals surface area contributed by atoms with Gasteiger partial charge in [0.25, 0.3) is 0 Å². The first-order valence-corrected chi connectivity index (χ1v) is 5.18. The van der Waals surface area contributed by atoms with Gasteiger partial charge in [0.05, 0.1) is 10.8 Å². The average Bonchev–Trinajstić information content (AvgIpc) is 2.10. The van der Waals surface area contributed by atoms with Crippen LogP contribution in [0, 0.1) is 11.8 Å². The Morgan fingerprint density at radius 2 is 2.31 bits per heavy atom. The van der Waals surface area contributed by atoms with Crippen molar-refractivity contribution in [2.24, 2.45) is 0 Å². The Morgan fingerprint density at radius 3 is 2.92 bits per heavy atom. The Hall–Kier alpha value is -0.780. The zero-order valence-electron chi connectivity index (χ0n) is 7.30. The van der Waals surface area contributed by atoms with Gasteiger partial charge in [0.15, 0.2) is 0 Å². The minimum Gasteiger partial charge on any atom is -0.398 e. The third kappa shape index (κ3) is 2.87. The summed E-state index contributed by atoms with van der Waals surface area (Å²) >= 11 is 7.53. The van der Waals surface area contributed by atoms with E-state index in [1.807, 2.05) is 25.1 Å². The van der Waals surface area contributed by atoms with E-state index in [4.69, 9.17) is 17.3 Å². The molecule has 0 aromatic heterocycles. The van der Waals surface area contributed by atoms with E-state index >= 15 is 0 Å². The summed E-state index contributed by atoms with van der Waals surface area (Å²) in [6.45, 7) is 1.82. The highest BCUT2D eigenvalue weighted by Crippen LogP contribution is 2.31. The summed E-state index contributed by atoms with van der Waals surface area (Å²) < 4.78 is 0. The van der Waals surface area contributed by atoms with Crippen LogP contribution in [0.25, 0.3) is 0 Å². The Morgan fingerprint density at radius 1 is 1.54 bits per heavy atom. The molecule has 13 heavy (non-hydrogen) atoms. The van der Waals surface area contributed by atoms with Crippen molar-refractivity contribution < 1.29 is 0 Å². The minimum atomic E-state index is 0.697. The molecule has 1 aromatic rings. The van der Waals surface area contributed by atoms with Crippen LogP contribution in [0.3, 0.4) is 0 Å². The predicted octanol–water partition coefficient (Wildman–Crippen LogP) is 3.04. The van der Waals surface area contributed by atoms with Crippen LogP contribution in [0.2, 0.25) is 5.02 Å². The molecule has 1 rings (SSSR count). The van der Waals surface area contributed by atoms with Crippen molar-refractivity contribution in [2.75, 3.05) is 11.5 Å². The average molecular weight is 212 g/mol. The maximum atomic E-state index is 5.96. The number of hydrogen-bond donors (Lipinski definition) is 1. The molecule has 1 nitrogen and oxygen atoms in total. The van der Waals surface area contributed by atoms with E-state index in [9.17, 15) is 0 Å². The lowest BCUT2D eigenvalue weighted by atomic mass is 10.3. The fraction of sp³-hybridized carbons (Fsp3) is 0.200. The Kier molecular flexibility index (Phi) is 4.01. The molecule has 0 saturated heterocycles. The van der Waals surface area contributed by atoms with Crippen molar-refractivity contribution in [1.29, 1.82) is 0 Å². The van der Waals surface area contributed by atoms with Crippen LogP contribution >= 0.6 is 23.4 Å². The Labute approximate surface area is 87.7 Å². The molecule has 0 radical (unpaired) electrons. The van der Waals surface area contributed by atoms with Crippen LogP contribution in [0.1, 0.15) is 6.92 Å². The van der Waals surface area contributed by atoms with E-state index in [1.54, 1.807) is 11.8 Å². The lowest BCUT2D eigenvalue weighted by Gasteiger charge is -2.04. The molecule has 1 aromatic carbocycles. The summed E-state index contributed by atoms with van der Waals surface area (Å²) in [4.78, 5) is 0.923. The molecule has 0 aliphatic heterocycles. The molecule has 0 saturated carbocycles. The molecular formula is C10H10ClNS. The summed E-state index contributed by atoms with van der Waals surface area (Å²) in [5.74, 6) is 6.50. The number of anilines is 1. The van der Waals surface area contributed by atoms with Gasteiger partial charge >= 0.3 is 0 Å². The summed E-state index contributed by atoms with van der Waals surface area (Å²) in [6, 6.07) is 5.51. The van der Waals surface area contributed by atoms with Crippen molar-refractivity contribution in [3.63, 3.8) is 0 Å². The van der Waals surface area contributed by atoms with Crippen LogP contribution in [-0.2, 0) is 0 Å². The van der Waals surface area contributed by atoms with E-state index < -0.39 is 0 Å². The van der Waals surface area contributed by atoms with E-state index in [1.165, 1.54) is 0 Å². The number of thioether (sulfide) groups is 1. The zero-order chi connectivity index (χ0) is 9.68. The topological polar surface area (TPSA) is 26.0 Å². The molecule has 0 bridgehead atoms. The van der Waals surface area contributed by atoms with Gasteiger partial charge in [0, 0.05) is 10.6 Å². The lowest BCUT2D eigenvalue weighted by Crippen LogP contribution is -1.89. The van der Waals surface area contributed by atoms with Crippen molar-refractivity contribution in [3.05, 3.63) is 23.2 Å². The van der Waals surface area contributed by atoms with Crippen LogP contribution in [0.5, 0.6) is 0 Å². The predicted molar refractivity (Wildman–Crippen MR) is 60.0 cm³/mol. The summed E-state index contributed by atoms with van der Waals surface area (Å²) in [7, 11) is 0. The van der Waals surface area contributed by atoms with Gasteiger partial charge in [-0.3, -0.25) is 0 Å². The van der Waals surface area contributed by atoms with Gasteiger partial charge in [0.1, 0.15) is 0 Å². The minimum absolute atomic E-state index is 0.697. The number of rotatable bonds is 2. The molecule has 0 amide bonds. The molecule has 0 heterocycles. The number of benzene rings is 1. The molecular weight excluding hydrogens is 202 g/mol. The maximum absolute atomic E-state index is 5.96. The van der Waals surface area contributed by atoms with Gasteiger partial charge < -0.3 is 5.73 Å². The van der Waals surface area contributed by atoms with Crippen molar-refractivity contribution >= 4 is 29.1 Å². The molecule has 68 valence electrons. The largest absolute Gasteiger partial charge is 0.398 e. The third-order valence-electron chi connectivity index (χ3n) is 1.46. The Balaban J connectivity index is 2.79. The maximum Gasteiger partial charge on any atom is 0.0595 e. The van der Waals surface area contributed by atoms with E-state index in [2.05, 4.69) is 11.8 Å². The van der Waals surface area contributed by atoms with Crippen LogP contribution in [0.15, 0.2) is 23.1 Å². The molecule has 0 atom stereocenters. The van der Waals surface area contributed by atoms with Gasteiger partial charge in [-0.15, -0.1) is 17.7 Å². The molecule has 2 N–H and O–H groups in total. The first-order valence-electron chi connectivity index (χ1n) is 3.82. The smallest absolute Gasteiger partial charge is 0.0595 e. The summed E-state index contributed by atoms with van der Waals surface area (Å²) in [5.41, 5.74) is 6.47. The van der Waals surface area contributed by atoms with Gasteiger partial charge in [-0.05, 0) is 19.1 Å².